The van der Waals surface area contributed by atoms with Crippen molar-refractivity contribution in [3.8, 4) is 22.3 Å². The van der Waals surface area contributed by atoms with E-state index >= 15 is 0 Å². The van der Waals surface area contributed by atoms with E-state index in [-0.39, 0.29) is 10.8 Å². The quantitative estimate of drug-likeness (QED) is 0.0753. The van der Waals surface area contributed by atoms with E-state index in [1.54, 1.807) is 0 Å². The molecule has 0 heterocycles. The Balaban J connectivity index is 1.48. The minimum atomic E-state index is 0.0445. The monoisotopic (exact) mass is 714 g/mol. The zero-order valence-electron chi connectivity index (χ0n) is 33.9. The molecule has 0 unspecified atom stereocenters. The molecule has 0 aliphatic rings. The Morgan fingerprint density at radius 3 is 0.836 bits per heavy atom. The number of hydrogen-bond acceptors (Lipinski definition) is 0. The minimum Gasteiger partial charge on any atom is -0.361 e. The van der Waals surface area contributed by atoms with Crippen molar-refractivity contribution in [3.63, 3.8) is 0 Å². The van der Waals surface area contributed by atoms with Gasteiger partial charge in [-0.1, -0.05) is 163 Å². The first-order valence-electron chi connectivity index (χ1n) is 19.5. The van der Waals surface area contributed by atoms with Gasteiger partial charge in [0.25, 0.3) is 0 Å². The van der Waals surface area contributed by atoms with Crippen LogP contribution >= 0.6 is 0 Å². The summed E-state index contributed by atoms with van der Waals surface area (Å²) in [5.41, 5.74) is 26.6. The van der Waals surface area contributed by atoms with Gasteiger partial charge in [-0.25, -0.2) is 0 Å². The normalized spacial score (nSPS) is 12.2. The summed E-state index contributed by atoms with van der Waals surface area (Å²) in [4.78, 5) is 4.30. The fourth-order valence-corrected chi connectivity index (χ4v) is 9.11. The first kappa shape index (κ1) is 36.2. The Labute approximate surface area is 326 Å². The smallest absolute Gasteiger partial charge is 0.332 e. The second-order valence-electron chi connectivity index (χ2n) is 17.6. The second-order valence-corrected chi connectivity index (χ2v) is 17.6. The highest BCUT2D eigenvalue weighted by Crippen LogP contribution is 2.47. The average molecular weight is 715 g/mol. The maximum absolute atomic E-state index is 11.4. The molecule has 8 aromatic carbocycles. The Morgan fingerprint density at radius 2 is 0.618 bits per heavy atom. The molecule has 0 fully saturated rings. The number of rotatable bonds is 4. The van der Waals surface area contributed by atoms with Crippen molar-refractivity contribution in [2.24, 2.45) is 0 Å². The fourth-order valence-electron chi connectivity index (χ4n) is 9.11. The molecule has 2 heteroatoms. The van der Waals surface area contributed by atoms with E-state index < -0.39 is 0 Å². The predicted octanol–water partition coefficient (Wildman–Crippen LogP) is 14.5. The lowest BCUT2D eigenvalue weighted by molar-refractivity contribution is -0.00233. The lowest BCUT2D eigenvalue weighted by Crippen LogP contribution is -2.12. The molecule has 0 aliphatic heterocycles. The van der Waals surface area contributed by atoms with E-state index in [2.05, 4.69) is 195 Å². The van der Waals surface area contributed by atoms with Crippen molar-refractivity contribution < 1.29 is 4.79 Å². The number of hydrogen-bond donors (Lipinski definition) is 0. The highest BCUT2D eigenvalue weighted by atomic mass is 14.9. The van der Waals surface area contributed by atoms with Crippen LogP contribution in [0.15, 0.2) is 121 Å². The summed E-state index contributed by atoms with van der Waals surface area (Å²) in [6.45, 7) is 22.7. The highest BCUT2D eigenvalue weighted by molar-refractivity contribution is 6.35. The zero-order valence-corrected chi connectivity index (χ0v) is 33.9. The summed E-state index contributed by atoms with van der Waals surface area (Å²) < 4.78 is 0. The zero-order chi connectivity index (χ0) is 39.0. The molecule has 0 aliphatic carbocycles. The van der Waals surface area contributed by atoms with Crippen LogP contribution in [0.25, 0.3) is 70.9 Å². The first-order chi connectivity index (χ1) is 26.2. The second kappa shape index (κ2) is 13.2. The van der Waals surface area contributed by atoms with Crippen LogP contribution in [0.1, 0.15) is 86.1 Å². The van der Waals surface area contributed by atoms with E-state index in [9.17, 15) is 5.53 Å². The molecular formula is C53H50N2. The van der Waals surface area contributed by atoms with E-state index in [1.807, 2.05) is 0 Å². The van der Waals surface area contributed by atoms with Crippen molar-refractivity contribution in [3.05, 3.63) is 171 Å². The third-order valence-corrected chi connectivity index (χ3v) is 11.7. The van der Waals surface area contributed by atoms with E-state index in [0.717, 1.165) is 54.2 Å². The lowest BCUT2D eigenvalue weighted by atomic mass is 9.78. The molecule has 0 amide bonds. The van der Waals surface area contributed by atoms with Gasteiger partial charge < -0.3 is 5.53 Å². The molecule has 0 N–H and O–H groups in total. The van der Waals surface area contributed by atoms with Gasteiger partial charge in [0.15, 0.2) is 0 Å². The summed E-state index contributed by atoms with van der Waals surface area (Å²) >= 11 is 0. The van der Waals surface area contributed by atoms with Gasteiger partial charge >= 0.3 is 5.71 Å². The Hall–Kier alpha value is -5.82. The highest BCUT2D eigenvalue weighted by Gasteiger charge is 2.31. The summed E-state index contributed by atoms with van der Waals surface area (Å²) in [5, 5.41) is 8.80. The Kier molecular flexibility index (Phi) is 8.67. The van der Waals surface area contributed by atoms with Crippen LogP contribution in [-0.4, -0.2) is 10.5 Å². The molecule has 0 saturated heterocycles. The topological polar surface area (TPSA) is 36.4 Å². The summed E-state index contributed by atoms with van der Waals surface area (Å²) in [6, 6.07) is 44.1. The summed E-state index contributed by atoms with van der Waals surface area (Å²) in [6.07, 6.45) is 0. The van der Waals surface area contributed by atoms with Crippen LogP contribution in [0.4, 0.5) is 0 Å². The van der Waals surface area contributed by atoms with Gasteiger partial charge in [-0.3, -0.25) is 0 Å². The maximum Gasteiger partial charge on any atom is 0.332 e. The molecule has 0 bridgehead atoms. The minimum absolute atomic E-state index is 0.0445. The van der Waals surface area contributed by atoms with Crippen LogP contribution < -0.4 is 0 Å². The van der Waals surface area contributed by atoms with Crippen molar-refractivity contribution in [1.29, 1.82) is 0 Å². The maximum atomic E-state index is 11.4. The largest absolute Gasteiger partial charge is 0.361 e. The number of fused-ring (bicyclic) bond motifs is 4. The molecule has 0 radical (unpaired) electrons. The third-order valence-electron chi connectivity index (χ3n) is 11.7. The summed E-state index contributed by atoms with van der Waals surface area (Å²) in [7, 11) is 0. The van der Waals surface area contributed by atoms with Gasteiger partial charge in [0.1, 0.15) is 0 Å². The van der Waals surface area contributed by atoms with Crippen LogP contribution in [0.5, 0.6) is 0 Å². The van der Waals surface area contributed by atoms with Crippen molar-refractivity contribution >= 4 is 48.8 Å². The molecular weight excluding hydrogens is 665 g/mol. The molecule has 0 aromatic heterocycles. The number of nitrogens with zero attached hydrogens (tertiary/aromatic N) is 2. The van der Waals surface area contributed by atoms with Gasteiger partial charge in [0.05, 0.1) is 11.1 Å². The van der Waals surface area contributed by atoms with Crippen LogP contribution in [-0.2, 0) is 10.8 Å². The molecule has 55 heavy (non-hydrogen) atoms. The first-order valence-corrected chi connectivity index (χ1v) is 19.5. The number of benzene rings is 8. The SMILES string of the molecule is Cc1cc(C(C)(C)C)cc(C)c1-c1c2ccccc2c(C(=[N+]=[N-])c2c3ccccc3c(-c3c(C)cc(C(C)(C)C)cc3C)c3ccccc23)c2ccccc12. The van der Waals surface area contributed by atoms with Crippen LogP contribution in [0.3, 0.4) is 0 Å². The molecule has 8 rings (SSSR count). The van der Waals surface area contributed by atoms with Gasteiger partial charge in [-0.15, -0.1) is 0 Å². The molecule has 0 atom stereocenters. The third kappa shape index (κ3) is 5.88. The van der Waals surface area contributed by atoms with E-state index in [1.165, 1.54) is 55.6 Å². The molecule has 8 aromatic rings. The van der Waals surface area contributed by atoms with Gasteiger partial charge in [0, 0.05) is 0 Å². The fraction of sp³-hybridized carbons (Fsp3) is 0.226. The van der Waals surface area contributed by atoms with E-state index in [0.29, 0.717) is 5.71 Å². The molecule has 2 nitrogen and oxygen atoms in total. The molecule has 0 spiro atoms. The predicted molar refractivity (Wildman–Crippen MR) is 237 cm³/mol. The van der Waals surface area contributed by atoms with Crippen LogP contribution in [0.2, 0.25) is 0 Å². The Bertz CT molecular complexity index is 2570. The van der Waals surface area contributed by atoms with Gasteiger partial charge in [-0.2, -0.15) is 4.79 Å². The molecule has 0 saturated carbocycles. The Morgan fingerprint density at radius 1 is 0.382 bits per heavy atom. The van der Waals surface area contributed by atoms with Gasteiger partial charge in [0.2, 0.25) is 0 Å². The standard InChI is InChI=1S/C53H50N2/c1-31-27-35(52(5,6)7)28-32(2)45(31)47-37-19-11-15-23-41(37)49(42-24-16-12-20-38(42)47)51(55-54)50-43-25-17-13-21-39(43)48(40-22-14-18-26-44(40)50)46-33(3)29-36(30-34(46)4)53(8,9)10/h11-30H,1-10H3. The molecule has 272 valence electrons. The van der Waals surface area contributed by atoms with E-state index in [4.69, 9.17) is 0 Å². The van der Waals surface area contributed by atoms with Crippen molar-refractivity contribution in [2.75, 3.05) is 0 Å². The van der Waals surface area contributed by atoms with Gasteiger partial charge in [-0.05, 0) is 137 Å². The number of aryl methyl sites for hydroxylation is 4. The lowest BCUT2D eigenvalue weighted by Gasteiger charge is -2.24. The average Bonchev–Trinajstić information content (AvgIpc) is 3.14. The van der Waals surface area contributed by atoms with Crippen LogP contribution in [0, 0.1) is 27.7 Å². The summed E-state index contributed by atoms with van der Waals surface area (Å²) in [5.74, 6) is 0. The van der Waals surface area contributed by atoms with Crippen molar-refractivity contribution in [2.45, 2.75) is 80.1 Å². The van der Waals surface area contributed by atoms with Crippen molar-refractivity contribution in [1.82, 2.24) is 0 Å².